The number of anilines is 1. The molecule has 190 valence electrons. The highest BCUT2D eigenvalue weighted by Gasteiger charge is 2.35. The Hall–Kier alpha value is -3.32. The van der Waals surface area contributed by atoms with Gasteiger partial charge in [-0.1, -0.05) is 43.5 Å². The number of nitrogens with one attached hydrogen (secondary N) is 1. The average molecular weight is 507 g/mol. The van der Waals surface area contributed by atoms with E-state index in [1.807, 2.05) is 54.8 Å². The first kappa shape index (κ1) is 25.8. The zero-order chi connectivity index (χ0) is 25.5. The fourth-order valence-corrected chi connectivity index (χ4v) is 5.53. The summed E-state index contributed by atoms with van der Waals surface area (Å²) in [7, 11) is 3.15. The molecule has 2 aromatic carbocycles. The van der Waals surface area contributed by atoms with Gasteiger partial charge in [-0.15, -0.1) is 11.3 Å². The lowest BCUT2D eigenvalue weighted by Gasteiger charge is -2.34. The summed E-state index contributed by atoms with van der Waals surface area (Å²) in [6.45, 7) is 1.99. The van der Waals surface area contributed by atoms with Gasteiger partial charge < -0.3 is 14.8 Å². The van der Waals surface area contributed by atoms with Gasteiger partial charge in [0.1, 0.15) is 6.04 Å². The summed E-state index contributed by atoms with van der Waals surface area (Å²) in [5, 5.41) is 5.22. The van der Waals surface area contributed by atoms with Crippen molar-refractivity contribution in [2.75, 3.05) is 19.1 Å². The van der Waals surface area contributed by atoms with Crippen LogP contribution >= 0.6 is 11.3 Å². The zero-order valence-corrected chi connectivity index (χ0v) is 22.0. The fourth-order valence-electron chi connectivity index (χ4n) is 4.83. The van der Waals surface area contributed by atoms with Crippen molar-refractivity contribution in [3.05, 3.63) is 76.0 Å². The first-order valence-electron chi connectivity index (χ1n) is 12.4. The van der Waals surface area contributed by atoms with Crippen LogP contribution in [0.15, 0.2) is 60.0 Å². The smallest absolute Gasteiger partial charge is 0.248 e. The third-order valence-corrected chi connectivity index (χ3v) is 7.51. The second-order valence-electron chi connectivity index (χ2n) is 9.22. The molecule has 4 rings (SSSR count). The third-order valence-electron chi connectivity index (χ3n) is 6.64. The maximum Gasteiger partial charge on any atom is 0.248 e. The molecule has 1 aliphatic carbocycles. The van der Waals surface area contributed by atoms with Crippen molar-refractivity contribution >= 4 is 28.8 Å². The van der Waals surface area contributed by atoms with Crippen LogP contribution < -0.4 is 19.7 Å². The summed E-state index contributed by atoms with van der Waals surface area (Å²) < 4.78 is 11.0. The van der Waals surface area contributed by atoms with Crippen molar-refractivity contribution in [1.29, 1.82) is 0 Å². The molecule has 0 bridgehead atoms. The Kier molecular flexibility index (Phi) is 8.65. The van der Waals surface area contributed by atoms with Crippen molar-refractivity contribution in [1.82, 2.24) is 5.32 Å². The van der Waals surface area contributed by atoms with Crippen molar-refractivity contribution in [2.24, 2.45) is 0 Å². The van der Waals surface area contributed by atoms with E-state index in [0.717, 1.165) is 36.1 Å². The molecule has 3 aromatic rings. The van der Waals surface area contributed by atoms with Crippen LogP contribution in [0, 0.1) is 6.92 Å². The zero-order valence-electron chi connectivity index (χ0n) is 21.2. The van der Waals surface area contributed by atoms with Crippen molar-refractivity contribution < 1.29 is 19.1 Å². The Balaban J connectivity index is 1.80. The molecule has 1 atom stereocenters. The Bertz CT molecular complexity index is 1170. The molecule has 2 amide bonds. The van der Waals surface area contributed by atoms with Crippen LogP contribution in [0.4, 0.5) is 5.69 Å². The van der Waals surface area contributed by atoms with Crippen molar-refractivity contribution in [3.63, 3.8) is 0 Å². The van der Waals surface area contributed by atoms with Crippen LogP contribution in [0.3, 0.4) is 0 Å². The Morgan fingerprint density at radius 3 is 2.44 bits per heavy atom. The highest BCUT2D eigenvalue weighted by molar-refractivity contribution is 7.10. The van der Waals surface area contributed by atoms with Gasteiger partial charge >= 0.3 is 0 Å². The molecule has 0 aliphatic heterocycles. The first-order valence-corrected chi connectivity index (χ1v) is 13.3. The monoisotopic (exact) mass is 506 g/mol. The highest BCUT2D eigenvalue weighted by Crippen LogP contribution is 2.35. The topological polar surface area (TPSA) is 67.9 Å². The molecule has 0 saturated heterocycles. The molecule has 1 N–H and O–H groups in total. The van der Waals surface area contributed by atoms with Crippen LogP contribution in [0.2, 0.25) is 0 Å². The summed E-state index contributed by atoms with van der Waals surface area (Å²) in [6, 6.07) is 16.3. The number of rotatable bonds is 9. The summed E-state index contributed by atoms with van der Waals surface area (Å²) >= 11 is 1.54. The minimum absolute atomic E-state index is 0.112. The fraction of sp³-hybridized carbons (Fsp3) is 0.379. The van der Waals surface area contributed by atoms with E-state index in [1.165, 1.54) is 17.8 Å². The molecule has 0 radical (unpaired) electrons. The van der Waals surface area contributed by atoms with Crippen LogP contribution in [-0.2, 0) is 16.0 Å². The van der Waals surface area contributed by atoms with E-state index in [4.69, 9.17) is 9.47 Å². The van der Waals surface area contributed by atoms with Gasteiger partial charge in [-0.3, -0.25) is 14.5 Å². The SMILES string of the molecule is COc1ccc([C@@H](C(=O)NC2CCCCC2)N(C(=O)Cc2cccs2)c2cccc(C)c2)cc1OC. The molecule has 1 fully saturated rings. The van der Waals surface area contributed by atoms with Crippen LogP contribution in [0.25, 0.3) is 0 Å². The van der Waals surface area contributed by atoms with Crippen LogP contribution in [-0.4, -0.2) is 32.1 Å². The number of aryl methyl sites for hydroxylation is 1. The molecule has 6 nitrogen and oxygen atoms in total. The van der Waals surface area contributed by atoms with E-state index in [0.29, 0.717) is 22.7 Å². The number of benzene rings is 2. The summed E-state index contributed by atoms with van der Waals surface area (Å²) in [5.41, 5.74) is 2.37. The molecule has 1 heterocycles. The van der Waals surface area contributed by atoms with Crippen LogP contribution in [0.5, 0.6) is 11.5 Å². The first-order chi connectivity index (χ1) is 17.5. The van der Waals surface area contributed by atoms with E-state index in [-0.39, 0.29) is 24.3 Å². The van der Waals surface area contributed by atoms with Gasteiger partial charge in [-0.2, -0.15) is 0 Å². The Morgan fingerprint density at radius 2 is 1.78 bits per heavy atom. The molecular formula is C29H34N2O4S. The lowest BCUT2D eigenvalue weighted by Crippen LogP contribution is -2.47. The lowest BCUT2D eigenvalue weighted by molar-refractivity contribution is -0.127. The molecule has 1 aliphatic rings. The molecule has 1 saturated carbocycles. The van der Waals surface area contributed by atoms with Gasteiger partial charge in [-0.05, 0) is 66.6 Å². The largest absolute Gasteiger partial charge is 0.493 e. The van der Waals surface area contributed by atoms with E-state index in [1.54, 1.807) is 31.3 Å². The van der Waals surface area contributed by atoms with Gasteiger partial charge in [0, 0.05) is 16.6 Å². The number of methoxy groups -OCH3 is 2. The Labute approximate surface area is 217 Å². The molecule has 1 aromatic heterocycles. The van der Waals surface area contributed by atoms with Gasteiger partial charge in [0.05, 0.1) is 20.6 Å². The standard InChI is InChI=1S/C29H34N2O4S/c1-20-9-7-12-23(17-20)31(27(32)19-24-13-8-16-36-24)28(29(33)30-22-10-5-4-6-11-22)21-14-15-25(34-2)26(18-21)35-3/h7-9,12-18,22,28H,4-6,10-11,19H2,1-3H3,(H,30,33)/t28-/m0/s1. The maximum absolute atomic E-state index is 14.0. The van der Waals surface area contributed by atoms with Gasteiger partial charge in [-0.25, -0.2) is 0 Å². The minimum atomic E-state index is -0.860. The van der Waals surface area contributed by atoms with E-state index < -0.39 is 6.04 Å². The number of carbonyl (C=O) groups is 2. The summed E-state index contributed by atoms with van der Waals surface area (Å²) in [6.07, 6.45) is 5.53. The number of carbonyl (C=O) groups excluding carboxylic acids is 2. The quantitative estimate of drug-likeness (QED) is 0.396. The number of ether oxygens (including phenoxy) is 2. The van der Waals surface area contributed by atoms with Crippen molar-refractivity contribution in [2.45, 2.75) is 57.5 Å². The number of thiophene rings is 1. The summed E-state index contributed by atoms with van der Waals surface area (Å²) in [4.78, 5) is 30.5. The lowest BCUT2D eigenvalue weighted by atomic mass is 9.94. The van der Waals surface area contributed by atoms with E-state index in [9.17, 15) is 9.59 Å². The predicted molar refractivity (Wildman–Crippen MR) is 144 cm³/mol. The normalized spacial score (nSPS) is 14.6. The summed E-state index contributed by atoms with van der Waals surface area (Å²) in [5.74, 6) is 0.761. The second-order valence-corrected chi connectivity index (χ2v) is 10.3. The second kappa shape index (κ2) is 12.1. The number of hydrogen-bond donors (Lipinski definition) is 1. The molecule has 0 unspecified atom stereocenters. The van der Waals surface area contributed by atoms with Gasteiger partial charge in [0.15, 0.2) is 11.5 Å². The van der Waals surface area contributed by atoms with Crippen molar-refractivity contribution in [3.8, 4) is 11.5 Å². The third kappa shape index (κ3) is 6.08. The van der Waals surface area contributed by atoms with E-state index >= 15 is 0 Å². The number of hydrogen-bond acceptors (Lipinski definition) is 5. The maximum atomic E-state index is 14.0. The number of nitrogens with zero attached hydrogens (tertiary/aromatic N) is 1. The molecule has 0 spiro atoms. The number of amides is 2. The molecular weight excluding hydrogens is 472 g/mol. The van der Waals surface area contributed by atoms with Crippen LogP contribution in [0.1, 0.15) is 54.1 Å². The predicted octanol–water partition coefficient (Wildman–Crippen LogP) is 5.84. The van der Waals surface area contributed by atoms with E-state index in [2.05, 4.69) is 5.32 Å². The Morgan fingerprint density at radius 1 is 1.00 bits per heavy atom. The highest BCUT2D eigenvalue weighted by atomic mass is 32.1. The van der Waals surface area contributed by atoms with Gasteiger partial charge in [0.25, 0.3) is 0 Å². The van der Waals surface area contributed by atoms with Gasteiger partial charge in [0.2, 0.25) is 11.8 Å². The average Bonchev–Trinajstić information content (AvgIpc) is 3.40. The molecule has 36 heavy (non-hydrogen) atoms. The minimum Gasteiger partial charge on any atom is -0.493 e. The molecule has 7 heteroatoms.